The third-order valence-electron chi connectivity index (χ3n) is 2.42. The first-order valence-electron chi connectivity index (χ1n) is 5.03. The highest BCUT2D eigenvalue weighted by Crippen LogP contribution is 2.27. The van der Waals surface area contributed by atoms with E-state index in [4.69, 9.17) is 25.5 Å². The fourth-order valence-electron chi connectivity index (χ4n) is 1.59. The predicted molar refractivity (Wildman–Crippen MR) is 63.7 cm³/mol. The van der Waals surface area contributed by atoms with E-state index in [1.165, 1.54) is 12.1 Å². The highest BCUT2D eigenvalue weighted by molar-refractivity contribution is 6.28. The molecule has 90 valence electrons. The molecule has 0 atom stereocenters. The summed E-state index contributed by atoms with van der Waals surface area (Å²) >= 11 is 5.66. The van der Waals surface area contributed by atoms with Gasteiger partial charge in [-0.1, -0.05) is 0 Å². The zero-order valence-electron chi connectivity index (χ0n) is 8.88. The molecule has 3 aromatic rings. The van der Waals surface area contributed by atoms with Crippen LogP contribution < -0.4 is 0 Å². The second kappa shape index (κ2) is 3.89. The van der Waals surface area contributed by atoms with Gasteiger partial charge in [0, 0.05) is 0 Å². The Bertz CT molecular complexity index is 743. The van der Waals surface area contributed by atoms with Crippen molar-refractivity contribution in [1.29, 1.82) is 0 Å². The molecule has 5 nitrogen and oxygen atoms in total. The molecule has 18 heavy (non-hydrogen) atoms. The van der Waals surface area contributed by atoms with Gasteiger partial charge in [0.15, 0.2) is 16.6 Å². The standard InChI is InChI=1S/C12H6ClNO4/c13-10-4-3-8(17-10)11-14-7-2-1-6(12(15)16)5-9(7)18-11/h1-5H,(H,15,16). The Balaban J connectivity index is 2.13. The van der Waals surface area contributed by atoms with Crippen LogP contribution in [0.1, 0.15) is 10.4 Å². The summed E-state index contributed by atoms with van der Waals surface area (Å²) in [6.07, 6.45) is 0. The molecule has 0 aliphatic carbocycles. The number of hydrogen-bond donors (Lipinski definition) is 1. The van der Waals surface area contributed by atoms with Crippen LogP contribution in [-0.4, -0.2) is 16.1 Å². The SMILES string of the molecule is O=C(O)c1ccc2nc(-c3ccc(Cl)o3)oc2c1. The minimum atomic E-state index is -1.02. The second-order valence-electron chi connectivity index (χ2n) is 3.61. The summed E-state index contributed by atoms with van der Waals surface area (Å²) in [5.41, 5.74) is 1.09. The van der Waals surface area contributed by atoms with Gasteiger partial charge in [-0.15, -0.1) is 0 Å². The van der Waals surface area contributed by atoms with Crippen LogP contribution >= 0.6 is 11.6 Å². The van der Waals surface area contributed by atoms with Gasteiger partial charge >= 0.3 is 5.97 Å². The molecule has 3 rings (SSSR count). The van der Waals surface area contributed by atoms with Crippen LogP contribution in [0, 0.1) is 0 Å². The fourth-order valence-corrected chi connectivity index (χ4v) is 1.74. The fraction of sp³-hybridized carbons (Fsp3) is 0. The van der Waals surface area contributed by atoms with E-state index in [9.17, 15) is 4.79 Å². The predicted octanol–water partition coefficient (Wildman–Crippen LogP) is 3.44. The third kappa shape index (κ3) is 1.74. The van der Waals surface area contributed by atoms with Crippen LogP contribution in [0.25, 0.3) is 22.8 Å². The minimum absolute atomic E-state index is 0.141. The minimum Gasteiger partial charge on any atom is -0.478 e. The van der Waals surface area contributed by atoms with Crippen molar-refractivity contribution in [2.75, 3.05) is 0 Å². The Labute approximate surface area is 106 Å². The molecule has 0 radical (unpaired) electrons. The lowest BCUT2D eigenvalue weighted by Crippen LogP contribution is -1.94. The Kier molecular flexibility index (Phi) is 2.34. The van der Waals surface area contributed by atoms with Crippen LogP contribution in [0.4, 0.5) is 0 Å². The number of halogens is 1. The summed E-state index contributed by atoms with van der Waals surface area (Å²) in [7, 11) is 0. The molecule has 2 heterocycles. The lowest BCUT2D eigenvalue weighted by atomic mass is 10.2. The van der Waals surface area contributed by atoms with Gasteiger partial charge in [-0.2, -0.15) is 0 Å². The van der Waals surface area contributed by atoms with Crippen molar-refractivity contribution in [2.24, 2.45) is 0 Å². The van der Waals surface area contributed by atoms with Gasteiger partial charge in [0.25, 0.3) is 5.89 Å². The largest absolute Gasteiger partial charge is 0.478 e. The van der Waals surface area contributed by atoms with E-state index in [-0.39, 0.29) is 16.7 Å². The van der Waals surface area contributed by atoms with E-state index < -0.39 is 5.97 Å². The van der Waals surface area contributed by atoms with Crippen LogP contribution in [0.2, 0.25) is 5.22 Å². The molecular weight excluding hydrogens is 258 g/mol. The van der Waals surface area contributed by atoms with Crippen molar-refractivity contribution in [3.63, 3.8) is 0 Å². The second-order valence-corrected chi connectivity index (χ2v) is 3.98. The van der Waals surface area contributed by atoms with E-state index in [1.54, 1.807) is 18.2 Å². The molecule has 0 bridgehead atoms. The molecule has 0 amide bonds. The van der Waals surface area contributed by atoms with Gasteiger partial charge in [0.1, 0.15) is 5.52 Å². The van der Waals surface area contributed by atoms with Gasteiger partial charge in [-0.3, -0.25) is 0 Å². The first-order valence-corrected chi connectivity index (χ1v) is 5.41. The molecule has 1 N–H and O–H groups in total. The Morgan fingerprint density at radius 2 is 2.06 bits per heavy atom. The number of furan rings is 1. The Hall–Kier alpha value is -2.27. The van der Waals surface area contributed by atoms with E-state index in [0.717, 1.165) is 0 Å². The number of rotatable bonds is 2. The number of aromatic nitrogens is 1. The molecule has 0 unspecified atom stereocenters. The molecule has 6 heteroatoms. The van der Waals surface area contributed by atoms with E-state index in [2.05, 4.69) is 4.98 Å². The quantitative estimate of drug-likeness (QED) is 0.766. The molecule has 1 aromatic carbocycles. The first kappa shape index (κ1) is 10.9. The van der Waals surface area contributed by atoms with Crippen LogP contribution in [-0.2, 0) is 0 Å². The molecule has 0 spiro atoms. The molecule has 0 saturated heterocycles. The highest BCUT2D eigenvalue weighted by Gasteiger charge is 2.13. The maximum Gasteiger partial charge on any atom is 0.335 e. The van der Waals surface area contributed by atoms with E-state index >= 15 is 0 Å². The van der Waals surface area contributed by atoms with Gasteiger partial charge in [-0.25, -0.2) is 9.78 Å². The number of nitrogens with zero attached hydrogens (tertiary/aromatic N) is 1. The zero-order valence-corrected chi connectivity index (χ0v) is 9.64. The molecule has 0 aliphatic heterocycles. The topological polar surface area (TPSA) is 76.5 Å². The number of oxazole rings is 1. The Morgan fingerprint density at radius 3 is 2.72 bits per heavy atom. The molecular formula is C12H6ClNO4. The van der Waals surface area contributed by atoms with Gasteiger partial charge in [0.2, 0.25) is 0 Å². The normalized spacial score (nSPS) is 10.9. The number of carboxylic acid groups (broad SMARTS) is 1. The number of carbonyl (C=O) groups is 1. The van der Waals surface area contributed by atoms with Crippen molar-refractivity contribution in [2.45, 2.75) is 0 Å². The van der Waals surface area contributed by atoms with Crippen molar-refractivity contribution in [3.05, 3.63) is 41.1 Å². The number of aromatic carboxylic acids is 1. The summed E-state index contributed by atoms with van der Waals surface area (Å²) in [5.74, 6) is -0.358. The molecule has 0 aliphatic rings. The van der Waals surface area contributed by atoms with E-state index in [1.807, 2.05) is 0 Å². The number of hydrogen-bond acceptors (Lipinski definition) is 4. The highest BCUT2D eigenvalue weighted by atomic mass is 35.5. The Morgan fingerprint density at radius 1 is 1.22 bits per heavy atom. The number of carboxylic acids is 1. The van der Waals surface area contributed by atoms with Crippen LogP contribution in [0.15, 0.2) is 39.2 Å². The maximum atomic E-state index is 10.8. The lowest BCUT2D eigenvalue weighted by Gasteiger charge is -1.91. The molecule has 2 aromatic heterocycles. The molecule has 0 fully saturated rings. The van der Waals surface area contributed by atoms with Gasteiger partial charge < -0.3 is 13.9 Å². The van der Waals surface area contributed by atoms with Crippen LogP contribution in [0.3, 0.4) is 0 Å². The third-order valence-corrected chi connectivity index (χ3v) is 2.62. The first-order chi connectivity index (χ1) is 8.63. The van der Waals surface area contributed by atoms with Gasteiger partial charge in [-0.05, 0) is 41.9 Å². The van der Waals surface area contributed by atoms with Gasteiger partial charge in [0.05, 0.1) is 5.56 Å². The number of fused-ring (bicyclic) bond motifs is 1. The summed E-state index contributed by atoms with van der Waals surface area (Å²) in [6.45, 7) is 0. The zero-order chi connectivity index (χ0) is 12.7. The average Bonchev–Trinajstić information content (AvgIpc) is 2.93. The maximum absolute atomic E-state index is 10.8. The van der Waals surface area contributed by atoms with Crippen LogP contribution in [0.5, 0.6) is 0 Å². The van der Waals surface area contributed by atoms with Crippen molar-refractivity contribution < 1.29 is 18.7 Å². The molecule has 0 saturated carbocycles. The smallest absolute Gasteiger partial charge is 0.335 e. The van der Waals surface area contributed by atoms with E-state index in [0.29, 0.717) is 16.9 Å². The van der Waals surface area contributed by atoms with Crippen molar-refractivity contribution in [1.82, 2.24) is 4.98 Å². The number of benzene rings is 1. The summed E-state index contributed by atoms with van der Waals surface area (Å²) < 4.78 is 10.6. The van der Waals surface area contributed by atoms with Crippen molar-refractivity contribution in [3.8, 4) is 11.7 Å². The monoisotopic (exact) mass is 263 g/mol. The summed E-state index contributed by atoms with van der Waals surface area (Å²) in [5, 5.41) is 9.11. The average molecular weight is 264 g/mol. The summed E-state index contributed by atoms with van der Waals surface area (Å²) in [4.78, 5) is 15.0. The van der Waals surface area contributed by atoms with Crippen molar-refractivity contribution >= 4 is 28.7 Å². The summed E-state index contributed by atoms with van der Waals surface area (Å²) in [6, 6.07) is 7.67. The lowest BCUT2D eigenvalue weighted by molar-refractivity contribution is 0.0697.